The van der Waals surface area contributed by atoms with E-state index in [2.05, 4.69) is 52.1 Å². The number of nitrogens with one attached hydrogen (secondary N) is 1. The van der Waals surface area contributed by atoms with E-state index in [1.807, 2.05) is 0 Å². The highest BCUT2D eigenvalue weighted by atomic mass is 16.5. The molecule has 8 heteroatoms. The number of ether oxygens (including phenoxy) is 2. The second-order valence-electron chi connectivity index (χ2n) is 8.51. The Bertz CT molecular complexity index is 495. The lowest BCUT2D eigenvalue weighted by atomic mass is 9.74. The molecule has 2 atom stereocenters. The summed E-state index contributed by atoms with van der Waals surface area (Å²) in [5.41, 5.74) is -0.314. The highest BCUT2D eigenvalue weighted by Gasteiger charge is 2.35. The molecule has 0 aromatic carbocycles. The Morgan fingerprint density at radius 2 is 1.59 bits per heavy atom. The van der Waals surface area contributed by atoms with E-state index in [0.29, 0.717) is 25.0 Å². The molecular weight excluding hydrogens is 414 g/mol. The standard InChI is InChI=1S/C22H41NO3.2CH2O2/c1-6-14-25-16-20(17-26-15-7-2)23-21(24)22(5)12-9-8-10-19(11-13-22)18(3)4;2*2-1-3/h8,10,18-20H,6-7,9,11-17H2,1-5H3,(H,23,24);2*1H,(H,2,3)/b10-8+;;. The summed E-state index contributed by atoms with van der Waals surface area (Å²) < 4.78 is 11.4. The minimum absolute atomic E-state index is 0.0701. The van der Waals surface area contributed by atoms with Crippen molar-refractivity contribution in [3.63, 3.8) is 0 Å². The molecule has 0 heterocycles. The van der Waals surface area contributed by atoms with Gasteiger partial charge in [0.25, 0.3) is 12.9 Å². The zero-order chi connectivity index (χ0) is 24.8. The van der Waals surface area contributed by atoms with E-state index < -0.39 is 0 Å². The Morgan fingerprint density at radius 1 is 1.09 bits per heavy atom. The van der Waals surface area contributed by atoms with E-state index in [4.69, 9.17) is 29.3 Å². The predicted molar refractivity (Wildman–Crippen MR) is 126 cm³/mol. The van der Waals surface area contributed by atoms with E-state index in [1.165, 1.54) is 0 Å². The van der Waals surface area contributed by atoms with Crippen LogP contribution in [0.5, 0.6) is 0 Å². The van der Waals surface area contributed by atoms with Crippen molar-refractivity contribution in [1.29, 1.82) is 0 Å². The largest absolute Gasteiger partial charge is 0.483 e. The number of carbonyl (C=O) groups is 3. The third-order valence-electron chi connectivity index (χ3n) is 5.35. The molecule has 0 aromatic rings. The predicted octanol–water partition coefficient (Wildman–Crippen LogP) is 4.13. The average molecular weight is 460 g/mol. The van der Waals surface area contributed by atoms with Gasteiger partial charge in [0.1, 0.15) is 0 Å². The summed E-state index contributed by atoms with van der Waals surface area (Å²) in [5, 5.41) is 17.0. The number of carbonyl (C=O) groups excluding carboxylic acids is 1. The third-order valence-corrected chi connectivity index (χ3v) is 5.35. The topological polar surface area (TPSA) is 122 Å². The molecule has 1 aliphatic carbocycles. The van der Waals surface area contributed by atoms with E-state index in [0.717, 1.165) is 51.7 Å². The van der Waals surface area contributed by atoms with Crippen molar-refractivity contribution in [2.45, 2.75) is 79.2 Å². The summed E-state index contributed by atoms with van der Waals surface area (Å²) in [4.78, 5) is 29.8. The van der Waals surface area contributed by atoms with Crippen LogP contribution in [0.3, 0.4) is 0 Å². The lowest BCUT2D eigenvalue weighted by Crippen LogP contribution is -2.48. The van der Waals surface area contributed by atoms with Gasteiger partial charge in [-0.25, -0.2) is 0 Å². The highest BCUT2D eigenvalue weighted by Crippen LogP contribution is 2.35. The molecule has 1 aliphatic rings. The lowest BCUT2D eigenvalue weighted by Gasteiger charge is -2.33. The van der Waals surface area contributed by atoms with Gasteiger partial charge < -0.3 is 25.0 Å². The first-order valence-electron chi connectivity index (χ1n) is 11.5. The second-order valence-corrected chi connectivity index (χ2v) is 8.51. The van der Waals surface area contributed by atoms with Crippen LogP contribution in [-0.2, 0) is 23.9 Å². The van der Waals surface area contributed by atoms with Gasteiger partial charge in [-0.3, -0.25) is 14.4 Å². The summed E-state index contributed by atoms with van der Waals surface area (Å²) in [6, 6.07) is -0.0701. The van der Waals surface area contributed by atoms with E-state index in [9.17, 15) is 4.79 Å². The van der Waals surface area contributed by atoms with Gasteiger partial charge in [-0.2, -0.15) is 0 Å². The quantitative estimate of drug-likeness (QED) is 0.241. The van der Waals surface area contributed by atoms with Crippen LogP contribution in [0.25, 0.3) is 0 Å². The van der Waals surface area contributed by atoms with Gasteiger partial charge in [0.05, 0.1) is 19.3 Å². The fourth-order valence-electron chi connectivity index (χ4n) is 3.39. The molecule has 0 saturated carbocycles. The van der Waals surface area contributed by atoms with Gasteiger partial charge in [-0.05, 0) is 50.4 Å². The Balaban J connectivity index is 0. The summed E-state index contributed by atoms with van der Waals surface area (Å²) in [6.07, 6.45) is 10.5. The minimum Gasteiger partial charge on any atom is -0.483 e. The number of hydrogen-bond donors (Lipinski definition) is 3. The second kappa shape index (κ2) is 20.9. The maximum absolute atomic E-state index is 13.1. The number of allylic oxidation sites excluding steroid dienone is 2. The normalized spacial score (nSPS) is 21.2. The lowest BCUT2D eigenvalue weighted by molar-refractivity contribution is -0.133. The van der Waals surface area contributed by atoms with E-state index >= 15 is 0 Å². The molecule has 32 heavy (non-hydrogen) atoms. The van der Waals surface area contributed by atoms with Crippen LogP contribution < -0.4 is 5.32 Å². The number of carboxylic acid groups (broad SMARTS) is 2. The Morgan fingerprint density at radius 3 is 2.03 bits per heavy atom. The first kappa shape index (κ1) is 32.3. The van der Waals surface area contributed by atoms with Crippen LogP contribution in [0, 0.1) is 17.3 Å². The summed E-state index contributed by atoms with van der Waals surface area (Å²) in [7, 11) is 0. The van der Waals surface area contributed by atoms with Crippen molar-refractivity contribution >= 4 is 18.9 Å². The highest BCUT2D eigenvalue weighted by molar-refractivity contribution is 5.82. The molecular formula is C24H45NO7. The molecule has 0 bridgehead atoms. The Kier molecular flexibility index (Phi) is 21.1. The Hall–Kier alpha value is -1.93. The smallest absolute Gasteiger partial charge is 0.290 e. The van der Waals surface area contributed by atoms with E-state index in [-0.39, 0.29) is 30.3 Å². The maximum atomic E-state index is 13.1. The number of amides is 1. The Labute approximate surface area is 193 Å². The molecule has 2 unspecified atom stereocenters. The molecule has 0 aromatic heterocycles. The van der Waals surface area contributed by atoms with Crippen molar-refractivity contribution in [1.82, 2.24) is 5.32 Å². The van der Waals surface area contributed by atoms with Gasteiger partial charge in [-0.1, -0.05) is 46.8 Å². The summed E-state index contributed by atoms with van der Waals surface area (Å²) >= 11 is 0. The molecule has 188 valence electrons. The van der Waals surface area contributed by atoms with Crippen LogP contribution in [0.2, 0.25) is 0 Å². The number of hydrogen-bond acceptors (Lipinski definition) is 5. The van der Waals surface area contributed by atoms with Gasteiger partial charge in [0.2, 0.25) is 5.91 Å². The monoisotopic (exact) mass is 459 g/mol. The van der Waals surface area contributed by atoms with Crippen molar-refractivity contribution in [3.05, 3.63) is 12.2 Å². The van der Waals surface area contributed by atoms with Crippen LogP contribution >= 0.6 is 0 Å². The summed E-state index contributed by atoms with van der Waals surface area (Å²) in [6.45, 7) is 12.8. The zero-order valence-corrected chi connectivity index (χ0v) is 20.5. The average Bonchev–Trinajstić information content (AvgIpc) is 2.72. The van der Waals surface area contributed by atoms with Gasteiger partial charge in [-0.15, -0.1) is 0 Å². The first-order valence-corrected chi connectivity index (χ1v) is 11.5. The first-order chi connectivity index (χ1) is 15.3. The SMILES string of the molecule is CCCOCC(COCCC)NC(=O)C1(C)CC/C=C/C(C(C)C)CC1.O=CO.O=CO. The van der Waals surface area contributed by atoms with Crippen molar-refractivity contribution in [2.75, 3.05) is 26.4 Å². The van der Waals surface area contributed by atoms with Gasteiger partial charge >= 0.3 is 0 Å². The molecule has 1 amide bonds. The van der Waals surface area contributed by atoms with Crippen LogP contribution in [0.1, 0.15) is 73.1 Å². The fraction of sp³-hybridized carbons (Fsp3) is 0.792. The van der Waals surface area contributed by atoms with Crippen molar-refractivity contribution in [2.24, 2.45) is 17.3 Å². The summed E-state index contributed by atoms with van der Waals surface area (Å²) in [5.74, 6) is 1.34. The van der Waals surface area contributed by atoms with Gasteiger partial charge in [0, 0.05) is 18.6 Å². The molecule has 0 saturated heterocycles. The van der Waals surface area contributed by atoms with Crippen molar-refractivity contribution < 1.29 is 34.1 Å². The maximum Gasteiger partial charge on any atom is 0.290 e. The van der Waals surface area contributed by atoms with Crippen LogP contribution in [0.4, 0.5) is 0 Å². The molecule has 1 rings (SSSR count). The molecule has 0 fully saturated rings. The fourth-order valence-corrected chi connectivity index (χ4v) is 3.39. The van der Waals surface area contributed by atoms with Gasteiger partial charge in [0.15, 0.2) is 0 Å². The molecule has 0 radical (unpaired) electrons. The number of rotatable bonds is 11. The molecule has 8 nitrogen and oxygen atoms in total. The molecule has 3 N–H and O–H groups in total. The third kappa shape index (κ3) is 15.8. The van der Waals surface area contributed by atoms with Crippen molar-refractivity contribution in [3.8, 4) is 0 Å². The van der Waals surface area contributed by atoms with Crippen LogP contribution in [0.15, 0.2) is 12.2 Å². The molecule has 0 spiro atoms. The minimum atomic E-state index is -0.314. The van der Waals surface area contributed by atoms with Crippen LogP contribution in [-0.4, -0.2) is 61.5 Å². The van der Waals surface area contributed by atoms with E-state index in [1.54, 1.807) is 0 Å². The zero-order valence-electron chi connectivity index (χ0n) is 20.5. The molecule has 0 aliphatic heterocycles.